The molecule has 3 atom stereocenters. The molecule has 17 heavy (non-hydrogen) atoms. The molecule has 0 N–H and O–H groups in total. The predicted octanol–water partition coefficient (Wildman–Crippen LogP) is 3.71. The van der Waals surface area contributed by atoms with Crippen LogP contribution in [0.1, 0.15) is 44.9 Å². The van der Waals surface area contributed by atoms with E-state index in [1.165, 1.54) is 44.9 Å². The van der Waals surface area contributed by atoms with Gasteiger partial charge in [-0.3, -0.25) is 0 Å². The lowest BCUT2D eigenvalue weighted by Crippen LogP contribution is -2.10. The summed E-state index contributed by atoms with van der Waals surface area (Å²) in [7, 11) is 0. The minimum atomic E-state index is 0.521. The second-order valence-corrected chi connectivity index (χ2v) is 5.90. The number of fused-ring (bicyclic) bond motifs is 2. The molecule has 2 fully saturated rings. The van der Waals surface area contributed by atoms with Crippen LogP contribution in [0.3, 0.4) is 0 Å². The van der Waals surface area contributed by atoms with Crippen molar-refractivity contribution in [1.29, 1.82) is 0 Å². The summed E-state index contributed by atoms with van der Waals surface area (Å²) in [5.41, 5.74) is 0. The van der Waals surface area contributed by atoms with Gasteiger partial charge >= 0.3 is 0 Å². The first-order valence-corrected chi connectivity index (χ1v) is 7.21. The van der Waals surface area contributed by atoms with Crippen molar-refractivity contribution in [2.24, 2.45) is 27.7 Å². The molecule has 92 valence electrons. The molecule has 3 rings (SSSR count). The lowest BCUT2D eigenvalue weighted by Gasteiger charge is -2.16. The summed E-state index contributed by atoms with van der Waals surface area (Å²) in [5.74, 6) is 2.44. The van der Waals surface area contributed by atoms with Crippen molar-refractivity contribution in [1.82, 2.24) is 0 Å². The third-order valence-electron chi connectivity index (χ3n) is 4.63. The average Bonchev–Trinajstić information content (AvgIpc) is 2.98. The number of aliphatic imine (C=N–C) groups is 2. The van der Waals surface area contributed by atoms with Crippen molar-refractivity contribution >= 4 is 6.01 Å². The summed E-state index contributed by atoms with van der Waals surface area (Å²) in [4.78, 5) is 8.89. The van der Waals surface area contributed by atoms with Crippen LogP contribution >= 0.6 is 0 Å². The van der Waals surface area contributed by atoms with Crippen LogP contribution in [0.25, 0.3) is 0 Å². The maximum Gasteiger partial charge on any atom is 0.0895 e. The van der Waals surface area contributed by atoms with Crippen LogP contribution in [0, 0.1) is 17.8 Å². The highest BCUT2D eigenvalue weighted by Gasteiger charge is 2.35. The van der Waals surface area contributed by atoms with Crippen LogP contribution < -0.4 is 0 Å². The van der Waals surface area contributed by atoms with Gasteiger partial charge in [-0.05, 0) is 43.4 Å². The van der Waals surface area contributed by atoms with E-state index in [9.17, 15) is 0 Å². The lowest BCUT2D eigenvalue weighted by molar-refractivity contribution is 0.443. The first-order valence-electron chi connectivity index (χ1n) is 7.21. The summed E-state index contributed by atoms with van der Waals surface area (Å²) in [6, 6.07) is 3.49. The third kappa shape index (κ3) is 2.69. The molecule has 2 unspecified atom stereocenters. The Labute approximate surface area is 104 Å². The van der Waals surface area contributed by atoms with E-state index >= 15 is 0 Å². The molecule has 2 heteroatoms. The molecule has 0 spiro atoms. The standard InChI is InChI=1S/C15H22N2/c1-2-4-15(5-3-1)17-11-16-10-14-9-12-6-7-13(14)8-12/h6-7,12-15H,1-5,8-10H2/t12?,13-,14?/m1/s1. The molecule has 0 aromatic heterocycles. The average molecular weight is 230 g/mol. The Morgan fingerprint density at radius 3 is 2.65 bits per heavy atom. The van der Waals surface area contributed by atoms with Gasteiger partial charge in [-0.15, -0.1) is 0 Å². The van der Waals surface area contributed by atoms with Crippen molar-refractivity contribution < 1.29 is 0 Å². The summed E-state index contributed by atoms with van der Waals surface area (Å²) in [6.45, 7) is 0.946. The minimum absolute atomic E-state index is 0.521. The Morgan fingerprint density at radius 2 is 1.94 bits per heavy atom. The van der Waals surface area contributed by atoms with Crippen molar-refractivity contribution in [3.05, 3.63) is 12.2 Å². The smallest absolute Gasteiger partial charge is 0.0895 e. The van der Waals surface area contributed by atoms with E-state index in [2.05, 4.69) is 28.1 Å². The van der Waals surface area contributed by atoms with E-state index in [4.69, 9.17) is 0 Å². The summed E-state index contributed by atoms with van der Waals surface area (Å²) >= 11 is 0. The number of hydrogen-bond acceptors (Lipinski definition) is 2. The highest BCUT2D eigenvalue weighted by molar-refractivity contribution is 5.41. The topological polar surface area (TPSA) is 24.7 Å². The van der Waals surface area contributed by atoms with Gasteiger partial charge in [-0.2, -0.15) is 0 Å². The molecule has 2 nitrogen and oxygen atoms in total. The number of nitrogens with zero attached hydrogens (tertiary/aromatic N) is 2. The molecule has 0 amide bonds. The first kappa shape index (κ1) is 11.2. The summed E-state index contributed by atoms with van der Waals surface area (Å²) in [5, 5.41) is 0. The van der Waals surface area contributed by atoms with E-state index in [-0.39, 0.29) is 0 Å². The second-order valence-electron chi connectivity index (χ2n) is 5.90. The van der Waals surface area contributed by atoms with E-state index in [1.807, 2.05) is 0 Å². The maximum absolute atomic E-state index is 4.47. The largest absolute Gasteiger partial charge is 0.225 e. The fourth-order valence-electron chi connectivity index (χ4n) is 3.60. The molecule has 0 aromatic carbocycles. The molecule has 0 radical (unpaired) electrons. The van der Waals surface area contributed by atoms with Crippen molar-refractivity contribution in [3.8, 4) is 0 Å². The molecule has 0 saturated heterocycles. The molecule has 0 aliphatic heterocycles. The molecular formula is C15H22N2. The van der Waals surface area contributed by atoms with Gasteiger partial charge in [0.2, 0.25) is 0 Å². The maximum atomic E-state index is 4.47. The number of hydrogen-bond donors (Lipinski definition) is 0. The number of rotatable bonds is 3. The van der Waals surface area contributed by atoms with Crippen LogP contribution in [-0.2, 0) is 0 Å². The van der Waals surface area contributed by atoms with Gasteiger partial charge in [-0.1, -0.05) is 31.4 Å². The summed E-state index contributed by atoms with van der Waals surface area (Å²) < 4.78 is 0. The van der Waals surface area contributed by atoms with Crippen molar-refractivity contribution in [2.45, 2.75) is 51.0 Å². The van der Waals surface area contributed by atoms with Gasteiger partial charge < -0.3 is 0 Å². The Morgan fingerprint density at radius 1 is 1.06 bits per heavy atom. The zero-order valence-electron chi connectivity index (χ0n) is 10.5. The fraction of sp³-hybridized carbons (Fsp3) is 0.800. The Kier molecular flexibility index (Phi) is 3.42. The molecule has 2 bridgehead atoms. The van der Waals surface area contributed by atoms with Crippen LogP contribution in [0.2, 0.25) is 0 Å². The van der Waals surface area contributed by atoms with E-state index in [0.717, 1.165) is 24.3 Å². The second kappa shape index (κ2) is 5.18. The van der Waals surface area contributed by atoms with Crippen LogP contribution in [0.4, 0.5) is 0 Å². The van der Waals surface area contributed by atoms with Gasteiger partial charge in [0.05, 0.1) is 18.6 Å². The highest BCUT2D eigenvalue weighted by Crippen LogP contribution is 2.43. The zero-order valence-corrected chi connectivity index (χ0v) is 10.5. The monoisotopic (exact) mass is 230 g/mol. The zero-order chi connectivity index (χ0) is 11.5. The van der Waals surface area contributed by atoms with Gasteiger partial charge in [0.25, 0.3) is 0 Å². The van der Waals surface area contributed by atoms with Crippen LogP contribution in [0.15, 0.2) is 22.1 Å². The molecule has 3 aliphatic carbocycles. The quantitative estimate of drug-likeness (QED) is 0.521. The van der Waals surface area contributed by atoms with Gasteiger partial charge in [0.1, 0.15) is 0 Å². The van der Waals surface area contributed by atoms with Crippen molar-refractivity contribution in [3.63, 3.8) is 0 Å². The lowest BCUT2D eigenvalue weighted by atomic mass is 9.94. The van der Waals surface area contributed by atoms with Gasteiger partial charge in [0.15, 0.2) is 0 Å². The highest BCUT2D eigenvalue weighted by atomic mass is 14.8. The van der Waals surface area contributed by atoms with E-state index in [1.54, 1.807) is 0 Å². The van der Waals surface area contributed by atoms with Crippen molar-refractivity contribution in [2.75, 3.05) is 6.54 Å². The van der Waals surface area contributed by atoms with Crippen LogP contribution in [-0.4, -0.2) is 18.6 Å². The summed E-state index contributed by atoms with van der Waals surface area (Å²) in [6.07, 6.45) is 14.1. The van der Waals surface area contributed by atoms with E-state index in [0.29, 0.717) is 6.04 Å². The Balaban J connectivity index is 1.47. The predicted molar refractivity (Wildman–Crippen MR) is 70.4 cm³/mol. The van der Waals surface area contributed by atoms with Gasteiger partial charge in [-0.25, -0.2) is 9.98 Å². The SMILES string of the molecule is C(=NCC1CC2C=C[C@@H]1C2)=NC1CCCCC1. The molecular weight excluding hydrogens is 208 g/mol. The molecule has 3 aliphatic rings. The van der Waals surface area contributed by atoms with Gasteiger partial charge in [0, 0.05) is 0 Å². The third-order valence-corrected chi connectivity index (χ3v) is 4.63. The molecule has 2 saturated carbocycles. The van der Waals surface area contributed by atoms with E-state index < -0.39 is 0 Å². The fourth-order valence-corrected chi connectivity index (χ4v) is 3.60. The minimum Gasteiger partial charge on any atom is -0.225 e. The normalized spacial score (nSPS) is 35.9. The first-order chi connectivity index (χ1) is 8.42. The Bertz CT molecular complexity index is 346. The Hall–Kier alpha value is -0.880. The van der Waals surface area contributed by atoms with Crippen LogP contribution in [0.5, 0.6) is 0 Å². The molecule has 0 aromatic rings. The molecule has 0 heterocycles. The number of allylic oxidation sites excluding steroid dienone is 2.